The lowest BCUT2D eigenvalue weighted by molar-refractivity contribution is 0.238. The van der Waals surface area contributed by atoms with E-state index in [1.165, 1.54) is 86.6 Å². The predicted octanol–water partition coefficient (Wildman–Crippen LogP) is 10.4. The maximum atomic E-state index is 13.8. The van der Waals surface area contributed by atoms with Crippen LogP contribution >= 0.6 is 0 Å². The third-order valence-corrected chi connectivity index (χ3v) is 14.0. The summed E-state index contributed by atoms with van der Waals surface area (Å²) in [4.78, 5) is 27.3. The number of rotatable bonds is 22. The van der Waals surface area contributed by atoms with Crippen molar-refractivity contribution in [1.29, 1.82) is 10.5 Å². The van der Waals surface area contributed by atoms with E-state index >= 15 is 0 Å². The summed E-state index contributed by atoms with van der Waals surface area (Å²) in [6.07, 6.45) is 6.96. The van der Waals surface area contributed by atoms with Gasteiger partial charge < -0.3 is 10.2 Å². The number of benzene rings is 3. The smallest absolute Gasteiger partial charge is 0.297 e. The monoisotopic (exact) mass is 966 g/mol. The van der Waals surface area contributed by atoms with Crippen molar-refractivity contribution in [3.8, 4) is 35.3 Å². The normalized spacial score (nSPS) is 12.9. The average molecular weight is 967 g/mol. The first-order valence-corrected chi connectivity index (χ1v) is 25.0. The predicted molar refractivity (Wildman–Crippen MR) is 254 cm³/mol. The minimum Gasteiger partial charge on any atom is -0.493 e. The van der Waals surface area contributed by atoms with E-state index in [9.17, 15) is 47.2 Å². The Morgan fingerprint density at radius 1 is 0.603 bits per heavy atom. The molecule has 0 aliphatic carbocycles. The topological polar surface area (TPSA) is 268 Å². The van der Waals surface area contributed by atoms with Gasteiger partial charge in [0.05, 0.1) is 45.8 Å². The summed E-state index contributed by atoms with van der Waals surface area (Å²) in [5.41, 5.74) is -3.65. The molecule has 2 aromatic heterocycles. The molecular formula is C48H54N8O10S2. The Morgan fingerprint density at radius 3 is 1.34 bits per heavy atom. The van der Waals surface area contributed by atoms with Gasteiger partial charge in [-0.05, 0) is 93.1 Å². The van der Waals surface area contributed by atoms with E-state index in [-0.39, 0.29) is 80.1 Å². The van der Waals surface area contributed by atoms with Gasteiger partial charge in [-0.1, -0.05) is 84.4 Å². The number of nitriles is 2. The molecule has 68 heavy (non-hydrogen) atoms. The van der Waals surface area contributed by atoms with E-state index in [2.05, 4.69) is 34.3 Å². The van der Waals surface area contributed by atoms with Gasteiger partial charge in [0.2, 0.25) is 11.8 Å². The van der Waals surface area contributed by atoms with Crippen LogP contribution in [0, 0.1) is 48.3 Å². The van der Waals surface area contributed by atoms with Crippen molar-refractivity contribution in [2.24, 2.45) is 32.3 Å². The lowest BCUT2D eigenvalue weighted by Crippen LogP contribution is -2.24. The molecule has 2 unspecified atom stereocenters. The fourth-order valence-corrected chi connectivity index (χ4v) is 9.23. The minimum atomic E-state index is -4.18. The highest BCUT2D eigenvalue weighted by Crippen LogP contribution is 2.37. The summed E-state index contributed by atoms with van der Waals surface area (Å²) in [6, 6.07) is 19.9. The molecule has 18 nitrogen and oxygen atoms in total. The van der Waals surface area contributed by atoms with Gasteiger partial charge in [-0.25, -0.2) is 9.13 Å². The molecule has 0 saturated heterocycles. The van der Waals surface area contributed by atoms with Crippen LogP contribution in [0.4, 0.5) is 22.7 Å². The summed E-state index contributed by atoms with van der Waals surface area (Å²) < 4.78 is 64.8. The summed E-state index contributed by atoms with van der Waals surface area (Å²) >= 11 is 0. The summed E-state index contributed by atoms with van der Waals surface area (Å²) in [5, 5.41) is 59.9. The Kier molecular flexibility index (Phi) is 17.8. The van der Waals surface area contributed by atoms with E-state index < -0.39 is 54.2 Å². The highest BCUT2D eigenvalue weighted by atomic mass is 32.2. The van der Waals surface area contributed by atoms with Crippen LogP contribution in [-0.2, 0) is 28.6 Å². The zero-order chi connectivity index (χ0) is 49.8. The molecule has 5 rings (SSSR count). The van der Waals surface area contributed by atoms with Gasteiger partial charge in [-0.3, -0.25) is 18.0 Å². The van der Waals surface area contributed by atoms with Crippen LogP contribution < -0.4 is 11.1 Å². The number of unbranched alkanes of at least 4 members (excludes halogenated alkanes) is 2. The van der Waals surface area contributed by atoms with Gasteiger partial charge in [0.25, 0.3) is 31.4 Å². The van der Waals surface area contributed by atoms with Crippen molar-refractivity contribution >= 4 is 43.0 Å². The Morgan fingerprint density at radius 2 is 0.985 bits per heavy atom. The van der Waals surface area contributed by atoms with E-state index in [4.69, 9.17) is 8.37 Å². The maximum absolute atomic E-state index is 13.8. The van der Waals surface area contributed by atoms with Crippen molar-refractivity contribution in [1.82, 2.24) is 9.13 Å². The standard InChI is InChI=1S/C48H54N8O10S2/c1-7-11-16-33(9-3)29-65-67(61,62)39-22-13-18-35(24-39)51-53-43-31(5)41(27-49)45(57)55(47(43)59)37-20-15-21-38(26-37)56-46(58)42(28-50)32(6)44(48(56)60)54-52-36-19-14-23-40(25-36)68(63,64)66-30-34(10-4)17-12-8-2/h13-15,18-26,33-34,59-60H,7-12,16-17,29-30H2,1-6H3. The minimum absolute atomic E-state index is 0.0155. The molecule has 0 aliphatic heterocycles. The van der Waals surface area contributed by atoms with E-state index in [0.29, 0.717) is 0 Å². The number of pyridine rings is 2. The van der Waals surface area contributed by atoms with Crippen LogP contribution in [0.2, 0.25) is 0 Å². The third-order valence-electron chi connectivity index (χ3n) is 11.5. The molecule has 5 aromatic rings. The number of hydrogen-bond acceptors (Lipinski definition) is 16. The molecule has 0 spiro atoms. The first-order valence-electron chi connectivity index (χ1n) is 22.2. The van der Waals surface area contributed by atoms with E-state index in [0.717, 1.165) is 60.5 Å². The number of aromatic hydroxyl groups is 2. The lowest BCUT2D eigenvalue weighted by Gasteiger charge is -2.16. The zero-order valence-corrected chi connectivity index (χ0v) is 40.3. The fourth-order valence-electron chi connectivity index (χ4n) is 7.20. The number of nitrogens with zero attached hydrogens (tertiary/aromatic N) is 8. The summed E-state index contributed by atoms with van der Waals surface area (Å²) in [5.74, 6) is -1.44. The molecule has 0 radical (unpaired) electrons. The molecule has 0 bridgehead atoms. The van der Waals surface area contributed by atoms with Crippen LogP contribution in [0.25, 0.3) is 11.4 Å². The van der Waals surface area contributed by atoms with Gasteiger partial charge in [0, 0.05) is 11.1 Å². The number of hydrogen-bond donors (Lipinski definition) is 2. The van der Waals surface area contributed by atoms with E-state index in [1.807, 2.05) is 26.0 Å². The Labute approximate surface area is 395 Å². The van der Waals surface area contributed by atoms with E-state index in [1.54, 1.807) is 0 Å². The lowest BCUT2D eigenvalue weighted by atomic mass is 10.0. The van der Waals surface area contributed by atoms with Gasteiger partial charge in [-0.2, -0.15) is 37.6 Å². The SMILES string of the molecule is CCCCC(CC)COS(=O)(=O)c1cccc(N=Nc2c(C)c(C#N)c(=O)n(-c3cccc(-n4c(O)c(N=Nc5cccc(S(=O)(=O)OCC(CC)CCCC)c5)c(C)c(C#N)c4=O)c3)c2O)c1. The second-order valence-electron chi connectivity index (χ2n) is 16.1. The number of azo groups is 2. The maximum Gasteiger partial charge on any atom is 0.297 e. The van der Waals surface area contributed by atoms with Crippen LogP contribution in [-0.4, -0.2) is 49.4 Å². The largest absolute Gasteiger partial charge is 0.493 e. The molecule has 2 N–H and O–H groups in total. The number of aromatic nitrogens is 2. The van der Waals surface area contributed by atoms with Crippen LogP contribution in [0.5, 0.6) is 11.8 Å². The molecule has 0 amide bonds. The van der Waals surface area contributed by atoms with Gasteiger partial charge in [0.15, 0.2) is 11.4 Å². The average Bonchev–Trinajstić information content (AvgIpc) is 3.32. The molecule has 2 atom stereocenters. The van der Waals surface area contributed by atoms with Crippen LogP contribution in [0.15, 0.2) is 113 Å². The van der Waals surface area contributed by atoms with Gasteiger partial charge in [-0.15, -0.1) is 10.2 Å². The molecule has 20 heteroatoms. The molecule has 2 heterocycles. The zero-order valence-electron chi connectivity index (χ0n) is 38.7. The first-order chi connectivity index (χ1) is 32.5. The molecule has 358 valence electrons. The van der Waals surface area contributed by atoms with Crippen molar-refractivity contribution in [3.63, 3.8) is 0 Å². The van der Waals surface area contributed by atoms with Gasteiger partial charge in [0.1, 0.15) is 23.3 Å². The molecule has 3 aromatic carbocycles. The van der Waals surface area contributed by atoms with Crippen LogP contribution in [0.1, 0.15) is 101 Å². The first kappa shape index (κ1) is 52.1. The van der Waals surface area contributed by atoms with Crippen molar-refractivity contribution < 1.29 is 35.4 Å². The van der Waals surface area contributed by atoms with Crippen molar-refractivity contribution in [3.05, 3.63) is 116 Å². The van der Waals surface area contributed by atoms with Gasteiger partial charge >= 0.3 is 0 Å². The molecule has 0 saturated carbocycles. The highest BCUT2D eigenvalue weighted by molar-refractivity contribution is 7.87. The second-order valence-corrected chi connectivity index (χ2v) is 19.3. The fraction of sp³-hybridized carbons (Fsp3) is 0.375. The highest BCUT2D eigenvalue weighted by Gasteiger charge is 2.25. The molecular weight excluding hydrogens is 913 g/mol. The second kappa shape index (κ2) is 23.3. The Hall–Kier alpha value is -6.84. The third kappa shape index (κ3) is 12.0. The Bertz CT molecular complexity index is 2940. The van der Waals surface area contributed by atoms with Crippen LogP contribution in [0.3, 0.4) is 0 Å². The molecule has 0 fully saturated rings. The quantitative estimate of drug-likeness (QED) is 0.0484. The van der Waals surface area contributed by atoms with Crippen molar-refractivity contribution in [2.75, 3.05) is 13.2 Å². The Balaban J connectivity index is 1.52. The molecule has 0 aliphatic rings. The summed E-state index contributed by atoms with van der Waals surface area (Å²) in [7, 11) is -8.36. The van der Waals surface area contributed by atoms with Crippen molar-refractivity contribution in [2.45, 2.75) is 103 Å². The summed E-state index contributed by atoms with van der Waals surface area (Å²) in [6.45, 7) is 10.8.